The molecule has 6 nitrogen and oxygen atoms in total. The van der Waals surface area contributed by atoms with Crippen LogP contribution in [0.25, 0.3) is 10.1 Å². The number of aliphatic hydroxyl groups excluding tert-OH is 1. The van der Waals surface area contributed by atoms with Crippen molar-refractivity contribution in [3.8, 4) is 5.75 Å². The van der Waals surface area contributed by atoms with Crippen molar-refractivity contribution in [1.82, 2.24) is 3.96 Å². The number of fused-ring (bicyclic) bond motifs is 4. The van der Waals surface area contributed by atoms with E-state index in [4.69, 9.17) is 9.73 Å². The number of nitrogens with zero attached hydrogens (tertiary/aromatic N) is 2. The summed E-state index contributed by atoms with van der Waals surface area (Å²) in [5.41, 5.74) is 2.76. The Morgan fingerprint density at radius 2 is 2.17 bits per heavy atom. The fourth-order valence-electron chi connectivity index (χ4n) is 4.70. The first-order valence-electron chi connectivity index (χ1n) is 10.1. The molecule has 150 valence electrons. The van der Waals surface area contributed by atoms with Crippen LogP contribution >= 0.6 is 11.5 Å². The average Bonchev–Trinajstić information content (AvgIpc) is 3.31. The van der Waals surface area contributed by atoms with Gasteiger partial charge in [-0.25, -0.2) is 0 Å². The number of benzene rings is 2. The van der Waals surface area contributed by atoms with Crippen LogP contribution in [0.5, 0.6) is 5.75 Å². The van der Waals surface area contributed by atoms with Crippen LogP contribution < -0.4 is 13.9 Å². The van der Waals surface area contributed by atoms with E-state index in [1.54, 1.807) is 0 Å². The number of aliphatic hydroxyl groups is 1. The summed E-state index contributed by atoms with van der Waals surface area (Å²) in [6.07, 6.45) is 2.90. The van der Waals surface area contributed by atoms with Gasteiger partial charge in [-0.15, -0.1) is 0 Å². The van der Waals surface area contributed by atoms with Gasteiger partial charge in [-0.2, -0.15) is 0 Å². The number of aromatic nitrogens is 1. The van der Waals surface area contributed by atoms with Crippen molar-refractivity contribution in [2.45, 2.75) is 38.5 Å². The number of ether oxygens (including phenoxy) is 1. The van der Waals surface area contributed by atoms with Crippen LogP contribution in [0.4, 0.5) is 5.69 Å². The maximum atomic E-state index is 13.1. The van der Waals surface area contributed by atoms with E-state index in [0.29, 0.717) is 29.3 Å². The maximum absolute atomic E-state index is 13.1. The fraction of sp³-hybridized carbons (Fsp3) is 0.318. The predicted octanol–water partition coefficient (Wildman–Crippen LogP) is 2.11. The van der Waals surface area contributed by atoms with Gasteiger partial charge in [0.15, 0.2) is 0 Å². The van der Waals surface area contributed by atoms with Crippen LogP contribution in [0.2, 0.25) is 0 Å². The number of rotatable bonds is 1. The minimum absolute atomic E-state index is 0.0239. The number of hydrogen-bond donors (Lipinski definition) is 1. The van der Waals surface area contributed by atoms with E-state index in [-0.39, 0.29) is 22.1 Å². The quantitative estimate of drug-likeness (QED) is 0.494. The second-order valence-electron chi connectivity index (χ2n) is 8.12. The first-order chi connectivity index (χ1) is 14.6. The molecule has 6 rings (SSSR count). The molecule has 3 aromatic rings. The third-order valence-corrected chi connectivity index (χ3v) is 10.5. The van der Waals surface area contributed by atoms with Crippen molar-refractivity contribution >= 4 is 61.5 Å². The first-order valence-corrected chi connectivity index (χ1v) is 13.7. The standard InChI is InChI=1S/C22H18N2O4S.Sn/c25-11-14-5-7-18-20(9-14)28-15-6-4-13(8-15)10-24-22(27)17-3-1-2-16(21(17)29-24)19(12-26)23-18;/h1-3,5,9,13,15,25H,4,6,8,10-11H2;/t13-,15+;/m1./s1. The van der Waals surface area contributed by atoms with Gasteiger partial charge in [0, 0.05) is 0 Å². The molecular formula is C22H18N2O4SSn. The molecule has 0 amide bonds. The van der Waals surface area contributed by atoms with Gasteiger partial charge in [0.1, 0.15) is 0 Å². The molecule has 1 aromatic heterocycles. The van der Waals surface area contributed by atoms with Crippen molar-refractivity contribution < 1.29 is 14.6 Å². The molecule has 30 heavy (non-hydrogen) atoms. The molecule has 1 N–H and O–H groups in total. The van der Waals surface area contributed by atoms with E-state index >= 15 is 0 Å². The number of carbonyl (C=O) groups excluding carboxylic acids is 1. The molecule has 2 atom stereocenters. The van der Waals surface area contributed by atoms with Crippen LogP contribution in [-0.2, 0) is 17.9 Å². The second-order valence-corrected chi connectivity index (χ2v) is 12.7. The van der Waals surface area contributed by atoms with Crippen LogP contribution in [0.1, 0.15) is 30.4 Å². The summed E-state index contributed by atoms with van der Waals surface area (Å²) in [5.74, 6) is 1.07. The van der Waals surface area contributed by atoms with Gasteiger partial charge < -0.3 is 0 Å². The minimum atomic E-state index is -1.63. The van der Waals surface area contributed by atoms with E-state index in [0.717, 1.165) is 44.4 Å². The summed E-state index contributed by atoms with van der Waals surface area (Å²) in [7, 11) is 0. The van der Waals surface area contributed by atoms with Gasteiger partial charge >= 0.3 is 187 Å². The molecule has 0 saturated heterocycles. The zero-order valence-electron chi connectivity index (χ0n) is 16.1. The molecule has 0 spiro atoms. The molecule has 8 heteroatoms. The zero-order valence-corrected chi connectivity index (χ0v) is 19.7. The Hall–Kier alpha value is -1.97. The third-order valence-electron chi connectivity index (χ3n) is 6.14. The van der Waals surface area contributed by atoms with Crippen LogP contribution in [0, 0.1) is 5.92 Å². The first kappa shape index (κ1) is 18.8. The van der Waals surface area contributed by atoms with Gasteiger partial charge in [0.25, 0.3) is 0 Å². The van der Waals surface area contributed by atoms with E-state index in [1.807, 2.05) is 34.3 Å². The normalized spacial score (nSPS) is 22.3. The summed E-state index contributed by atoms with van der Waals surface area (Å²) in [6.45, 7) is 0.602. The van der Waals surface area contributed by atoms with Crippen molar-refractivity contribution in [1.29, 1.82) is 0 Å². The van der Waals surface area contributed by atoms with Crippen molar-refractivity contribution in [2.24, 2.45) is 10.9 Å². The van der Waals surface area contributed by atoms with Gasteiger partial charge in [0.2, 0.25) is 0 Å². The average molecular weight is 525 g/mol. The molecule has 3 aliphatic rings. The second kappa shape index (κ2) is 7.03. The Morgan fingerprint density at radius 3 is 3.03 bits per heavy atom. The molecule has 0 unspecified atom stereocenters. The molecule has 2 aromatic carbocycles. The van der Waals surface area contributed by atoms with E-state index in [1.165, 1.54) is 11.5 Å². The molecule has 1 saturated carbocycles. The molecule has 1 fully saturated rings. The predicted molar refractivity (Wildman–Crippen MR) is 117 cm³/mol. The molecule has 1 aliphatic carbocycles. The van der Waals surface area contributed by atoms with Crippen molar-refractivity contribution in [2.75, 3.05) is 0 Å². The van der Waals surface area contributed by atoms with Gasteiger partial charge in [-0.3, -0.25) is 0 Å². The van der Waals surface area contributed by atoms with Crippen LogP contribution in [-0.4, -0.2) is 45.8 Å². The summed E-state index contributed by atoms with van der Waals surface area (Å²) in [4.78, 5) is 30.9. The Morgan fingerprint density at radius 1 is 1.27 bits per heavy atom. The Bertz CT molecular complexity index is 1310. The SMILES string of the molecule is O=[C]1[Sn][c]2cc(CO)cc3c2N=C1c1cccc2c(=O)n(sc12)C[C@@H]1CC[C@@H](C1)O3. The molecular weight excluding hydrogens is 507 g/mol. The topological polar surface area (TPSA) is 80.9 Å². The van der Waals surface area contributed by atoms with E-state index < -0.39 is 21.1 Å². The molecule has 3 heterocycles. The Balaban J connectivity index is 1.65. The van der Waals surface area contributed by atoms with Gasteiger partial charge in [-0.05, 0) is 0 Å². The molecule has 6 bridgehead atoms. The fourth-order valence-corrected chi connectivity index (χ4v) is 9.06. The van der Waals surface area contributed by atoms with Crippen LogP contribution in [0.15, 0.2) is 40.1 Å². The number of aliphatic imine (C=N–C) groups is 1. The van der Waals surface area contributed by atoms with Crippen molar-refractivity contribution in [3.63, 3.8) is 0 Å². The van der Waals surface area contributed by atoms with Gasteiger partial charge in [-0.1, -0.05) is 0 Å². The summed E-state index contributed by atoms with van der Waals surface area (Å²) in [6, 6.07) is 9.38. The zero-order chi connectivity index (χ0) is 20.4. The summed E-state index contributed by atoms with van der Waals surface area (Å²) < 4.78 is 10.1. The Labute approximate surface area is 186 Å². The monoisotopic (exact) mass is 526 g/mol. The van der Waals surface area contributed by atoms with Crippen LogP contribution in [0.3, 0.4) is 0 Å². The summed E-state index contributed by atoms with van der Waals surface area (Å²) >= 11 is -0.174. The molecule has 2 aliphatic heterocycles. The van der Waals surface area contributed by atoms with E-state index in [9.17, 15) is 14.7 Å². The molecule has 2 radical (unpaired) electrons. The third kappa shape index (κ3) is 2.90. The van der Waals surface area contributed by atoms with E-state index in [2.05, 4.69) is 0 Å². The van der Waals surface area contributed by atoms with Gasteiger partial charge in [0.05, 0.1) is 0 Å². The number of hydrogen-bond acceptors (Lipinski definition) is 6. The Kier molecular flexibility index (Phi) is 4.40. The number of carbonyl (C=O) groups is 1. The van der Waals surface area contributed by atoms with Crippen molar-refractivity contribution in [3.05, 3.63) is 51.8 Å². The summed E-state index contributed by atoms with van der Waals surface area (Å²) in [5, 5.41) is 10.4.